The molecule has 2 aliphatic heterocycles. The first kappa shape index (κ1) is 21.9. The van der Waals surface area contributed by atoms with Gasteiger partial charge in [-0.25, -0.2) is 0 Å². The fraction of sp³-hybridized carbons (Fsp3) is 0.304. The summed E-state index contributed by atoms with van der Waals surface area (Å²) in [6.07, 6.45) is 0.606. The van der Waals surface area contributed by atoms with Crippen molar-refractivity contribution in [2.75, 3.05) is 18.1 Å². The van der Waals surface area contributed by atoms with E-state index >= 15 is 0 Å². The van der Waals surface area contributed by atoms with E-state index in [1.807, 2.05) is 55.5 Å². The number of carbonyl (C=O) groups is 3. The van der Waals surface area contributed by atoms with Crippen molar-refractivity contribution in [1.82, 2.24) is 10.3 Å². The molecule has 4 rings (SSSR count). The zero-order valence-corrected chi connectivity index (χ0v) is 18.9. The quantitative estimate of drug-likeness (QED) is 0.705. The van der Waals surface area contributed by atoms with Crippen LogP contribution >= 0.6 is 11.8 Å². The maximum absolute atomic E-state index is 13.8. The topological polar surface area (TPSA) is 91.3 Å². The number of amides is 3. The first-order valence-electron chi connectivity index (χ1n) is 10.3. The number of para-hydroxylation sites is 2. The standard InChI is InChI=1S/C23H24N4O4S/c1-15-9-7-12-19-20(15)26(13-8-14-31-18-10-5-4-6-11-18)21(30)23(19)27(17(3)29)25-22(32-23)24-16(2)28/h4-7,9-12H,8,13-14H2,1-3H3,(H,24,25,28)/t23-/m1/s1. The van der Waals surface area contributed by atoms with Crippen molar-refractivity contribution in [3.63, 3.8) is 0 Å². The molecule has 0 saturated carbocycles. The van der Waals surface area contributed by atoms with Gasteiger partial charge in [-0.2, -0.15) is 5.01 Å². The molecule has 2 aliphatic rings. The van der Waals surface area contributed by atoms with E-state index in [2.05, 4.69) is 10.4 Å². The first-order chi connectivity index (χ1) is 15.3. The highest BCUT2D eigenvalue weighted by molar-refractivity contribution is 8.15. The molecule has 0 radical (unpaired) electrons. The summed E-state index contributed by atoms with van der Waals surface area (Å²) in [5.41, 5.74) is 2.39. The predicted octanol–water partition coefficient (Wildman–Crippen LogP) is 2.97. The van der Waals surface area contributed by atoms with Crippen LogP contribution in [0.4, 0.5) is 5.69 Å². The van der Waals surface area contributed by atoms with Crippen molar-refractivity contribution >= 4 is 40.3 Å². The van der Waals surface area contributed by atoms with Gasteiger partial charge >= 0.3 is 0 Å². The predicted molar refractivity (Wildman–Crippen MR) is 123 cm³/mol. The lowest BCUT2D eigenvalue weighted by molar-refractivity contribution is -0.139. The van der Waals surface area contributed by atoms with E-state index in [4.69, 9.17) is 4.74 Å². The Morgan fingerprint density at radius 2 is 1.88 bits per heavy atom. The first-order valence-corrected chi connectivity index (χ1v) is 11.1. The molecule has 8 nitrogen and oxygen atoms in total. The summed E-state index contributed by atoms with van der Waals surface area (Å²) in [4.78, 5) is 38.3. The molecular formula is C23H24N4O4S. The van der Waals surface area contributed by atoms with E-state index in [0.717, 1.165) is 28.8 Å². The molecule has 9 heteroatoms. The van der Waals surface area contributed by atoms with Crippen molar-refractivity contribution in [3.8, 4) is 5.75 Å². The van der Waals surface area contributed by atoms with E-state index < -0.39 is 4.87 Å². The van der Waals surface area contributed by atoms with Crippen LogP contribution in [0.15, 0.2) is 53.6 Å². The minimum atomic E-state index is -1.37. The molecule has 2 aromatic carbocycles. The molecule has 2 heterocycles. The average molecular weight is 453 g/mol. The van der Waals surface area contributed by atoms with Crippen LogP contribution < -0.4 is 15.0 Å². The summed E-state index contributed by atoms with van der Waals surface area (Å²) >= 11 is 1.09. The monoisotopic (exact) mass is 452 g/mol. The molecule has 0 fully saturated rings. The van der Waals surface area contributed by atoms with Crippen LogP contribution in [0.1, 0.15) is 31.4 Å². The van der Waals surface area contributed by atoms with Gasteiger partial charge < -0.3 is 15.0 Å². The summed E-state index contributed by atoms with van der Waals surface area (Å²) in [7, 11) is 0. The lowest BCUT2D eigenvalue weighted by Gasteiger charge is -2.29. The van der Waals surface area contributed by atoms with Crippen molar-refractivity contribution in [2.45, 2.75) is 32.1 Å². The molecule has 0 aromatic heterocycles. The Labute approximate surface area is 190 Å². The Kier molecular flexibility index (Phi) is 5.92. The third kappa shape index (κ3) is 3.73. The smallest absolute Gasteiger partial charge is 0.270 e. The van der Waals surface area contributed by atoms with Crippen molar-refractivity contribution in [2.24, 2.45) is 5.10 Å². The molecule has 0 bridgehead atoms. The zero-order chi connectivity index (χ0) is 22.9. The number of anilines is 1. The summed E-state index contributed by atoms with van der Waals surface area (Å²) in [5.74, 6) is -0.184. The molecule has 32 heavy (non-hydrogen) atoms. The van der Waals surface area contributed by atoms with Gasteiger partial charge in [0.05, 0.1) is 12.3 Å². The molecule has 0 unspecified atom stereocenters. The zero-order valence-electron chi connectivity index (χ0n) is 18.1. The fourth-order valence-electron chi connectivity index (χ4n) is 3.99. The largest absolute Gasteiger partial charge is 0.494 e. The van der Waals surface area contributed by atoms with E-state index in [1.165, 1.54) is 18.9 Å². The van der Waals surface area contributed by atoms with Crippen LogP contribution in [0.25, 0.3) is 0 Å². The van der Waals surface area contributed by atoms with Crippen molar-refractivity contribution < 1.29 is 19.1 Å². The number of carbonyl (C=O) groups excluding carboxylic acids is 3. The number of hydrogen-bond acceptors (Lipinski definition) is 6. The van der Waals surface area contributed by atoms with E-state index in [0.29, 0.717) is 25.1 Å². The molecule has 2 aromatic rings. The number of hydrogen-bond donors (Lipinski definition) is 1. The molecule has 0 saturated heterocycles. The van der Waals surface area contributed by atoms with Gasteiger partial charge in [0.1, 0.15) is 5.75 Å². The number of nitrogens with zero attached hydrogens (tertiary/aromatic N) is 3. The number of benzene rings is 2. The highest BCUT2D eigenvalue weighted by Crippen LogP contribution is 2.55. The number of thioether (sulfide) groups is 1. The van der Waals surface area contributed by atoms with Gasteiger partial charge in [-0.05, 0) is 42.8 Å². The Morgan fingerprint density at radius 1 is 1.12 bits per heavy atom. The summed E-state index contributed by atoms with van der Waals surface area (Å²) in [6.45, 7) is 5.53. The molecule has 3 amide bonds. The number of ether oxygens (including phenoxy) is 1. The maximum Gasteiger partial charge on any atom is 0.270 e. The van der Waals surface area contributed by atoms with Crippen molar-refractivity contribution in [1.29, 1.82) is 0 Å². The van der Waals surface area contributed by atoms with Crippen LogP contribution in [0.2, 0.25) is 0 Å². The number of aryl methyl sites for hydroxylation is 1. The number of fused-ring (bicyclic) bond motifs is 2. The number of rotatable bonds is 5. The van der Waals surface area contributed by atoms with Crippen LogP contribution in [-0.4, -0.2) is 41.0 Å². The van der Waals surface area contributed by atoms with Gasteiger partial charge in [0.2, 0.25) is 16.7 Å². The third-order valence-corrected chi connectivity index (χ3v) is 6.50. The second-order valence-electron chi connectivity index (χ2n) is 7.61. The molecule has 1 spiro atoms. The molecule has 0 aliphatic carbocycles. The summed E-state index contributed by atoms with van der Waals surface area (Å²) < 4.78 is 5.78. The van der Waals surface area contributed by atoms with Crippen LogP contribution in [0.3, 0.4) is 0 Å². The number of amidine groups is 1. The normalized spacial score (nSPS) is 19.2. The Balaban J connectivity index is 1.62. The van der Waals surface area contributed by atoms with E-state index in [-0.39, 0.29) is 22.9 Å². The van der Waals surface area contributed by atoms with Gasteiger partial charge in [0.25, 0.3) is 5.91 Å². The molecule has 1 N–H and O–H groups in total. The Hall–Kier alpha value is -3.33. The van der Waals surface area contributed by atoms with Gasteiger partial charge in [-0.15, -0.1) is 5.10 Å². The van der Waals surface area contributed by atoms with Gasteiger partial charge in [-0.1, -0.05) is 36.4 Å². The lowest BCUT2D eigenvalue weighted by atomic mass is 10.0. The van der Waals surface area contributed by atoms with Gasteiger partial charge in [-0.3, -0.25) is 14.4 Å². The highest BCUT2D eigenvalue weighted by Gasteiger charge is 2.61. The average Bonchev–Trinajstić information content (AvgIpc) is 3.24. The SMILES string of the molecule is CC(=O)NC1=NN(C(C)=O)[C@]2(S1)C(=O)N(CCCOc1ccccc1)c1c(C)cccc12. The minimum Gasteiger partial charge on any atom is -0.494 e. The molecule has 1 atom stereocenters. The van der Waals surface area contributed by atoms with Gasteiger partial charge in [0.15, 0.2) is 5.17 Å². The maximum atomic E-state index is 13.8. The van der Waals surface area contributed by atoms with Gasteiger partial charge in [0, 0.05) is 26.0 Å². The Morgan fingerprint density at radius 3 is 2.56 bits per heavy atom. The second kappa shape index (κ2) is 8.66. The highest BCUT2D eigenvalue weighted by atomic mass is 32.2. The summed E-state index contributed by atoms with van der Waals surface area (Å²) in [5, 5.41) is 8.30. The van der Waals surface area contributed by atoms with E-state index in [1.54, 1.807) is 4.90 Å². The third-order valence-electron chi connectivity index (χ3n) is 5.26. The number of hydrazone groups is 1. The lowest BCUT2D eigenvalue weighted by Crippen LogP contribution is -2.48. The Bertz CT molecular complexity index is 1100. The van der Waals surface area contributed by atoms with Crippen LogP contribution in [0, 0.1) is 6.92 Å². The summed E-state index contributed by atoms with van der Waals surface area (Å²) in [6, 6.07) is 15.1. The minimum absolute atomic E-state index is 0.225. The van der Waals surface area contributed by atoms with Crippen LogP contribution in [-0.2, 0) is 19.3 Å². The fourth-order valence-corrected chi connectivity index (χ4v) is 5.32. The van der Waals surface area contributed by atoms with Crippen LogP contribution in [0.5, 0.6) is 5.75 Å². The molecular weight excluding hydrogens is 428 g/mol. The second-order valence-corrected chi connectivity index (χ2v) is 8.79. The van der Waals surface area contributed by atoms with Crippen molar-refractivity contribution in [3.05, 3.63) is 59.7 Å². The van der Waals surface area contributed by atoms with E-state index in [9.17, 15) is 14.4 Å². The molecule has 166 valence electrons. The number of nitrogens with one attached hydrogen (secondary N) is 1.